The number of rotatable bonds is 7. The third-order valence-corrected chi connectivity index (χ3v) is 5.18. The lowest BCUT2D eigenvalue weighted by molar-refractivity contribution is 0.574. The van der Waals surface area contributed by atoms with Gasteiger partial charge >= 0.3 is 0 Å². The fourth-order valence-electron chi connectivity index (χ4n) is 3.61. The molecule has 1 aromatic carbocycles. The van der Waals surface area contributed by atoms with E-state index in [1.165, 1.54) is 18.6 Å². The van der Waals surface area contributed by atoms with Crippen molar-refractivity contribution in [1.29, 1.82) is 0 Å². The minimum Gasteiger partial charge on any atom is -0.370 e. The molecular weight excluding hydrogens is 361 g/mol. The first kappa shape index (κ1) is 19.1. The molecule has 1 aliphatic carbocycles. The maximum absolute atomic E-state index is 13.4. The van der Waals surface area contributed by atoms with Gasteiger partial charge in [-0.3, -0.25) is 4.98 Å². The van der Waals surface area contributed by atoms with E-state index in [0.717, 1.165) is 47.5 Å². The highest BCUT2D eigenvalue weighted by molar-refractivity contribution is 5.84. The predicted octanol–water partition coefficient (Wildman–Crippen LogP) is 6.27. The van der Waals surface area contributed by atoms with Crippen LogP contribution in [0.25, 0.3) is 22.3 Å². The summed E-state index contributed by atoms with van der Waals surface area (Å²) in [5.74, 6) is 1.25. The highest BCUT2D eigenvalue weighted by atomic mass is 19.1. The van der Waals surface area contributed by atoms with E-state index in [1.54, 1.807) is 24.5 Å². The van der Waals surface area contributed by atoms with Crippen LogP contribution in [0, 0.1) is 11.7 Å². The van der Waals surface area contributed by atoms with Crippen LogP contribution in [-0.4, -0.2) is 16.5 Å². The molecule has 2 heterocycles. The second-order valence-electron chi connectivity index (χ2n) is 7.24. The number of pyridine rings is 2. The normalized spacial score (nSPS) is 15.4. The van der Waals surface area contributed by atoms with Crippen LogP contribution in [0.4, 0.5) is 10.2 Å². The second kappa shape index (κ2) is 9.28. The van der Waals surface area contributed by atoms with Crippen molar-refractivity contribution in [2.75, 3.05) is 11.9 Å². The zero-order chi connectivity index (χ0) is 19.9. The molecule has 1 N–H and O–H groups in total. The molecule has 3 aromatic rings. The Bertz CT molecular complexity index is 994. The van der Waals surface area contributed by atoms with E-state index in [2.05, 4.69) is 45.7 Å². The molecule has 0 radical (unpaired) electrons. The van der Waals surface area contributed by atoms with Gasteiger partial charge in [0.2, 0.25) is 0 Å². The molecule has 1 atom stereocenters. The van der Waals surface area contributed by atoms with E-state index in [1.807, 2.05) is 18.3 Å². The summed E-state index contributed by atoms with van der Waals surface area (Å²) in [6.45, 7) is 0.882. The quantitative estimate of drug-likeness (QED) is 0.487. The van der Waals surface area contributed by atoms with E-state index in [-0.39, 0.29) is 5.82 Å². The molecular formula is C25H24FN3. The molecule has 0 spiro atoms. The Morgan fingerprint density at radius 1 is 0.966 bits per heavy atom. The van der Waals surface area contributed by atoms with Gasteiger partial charge in [0, 0.05) is 30.7 Å². The highest BCUT2D eigenvalue weighted by Crippen LogP contribution is 2.33. The number of hydrogen-bond donors (Lipinski definition) is 1. The number of benzene rings is 1. The van der Waals surface area contributed by atoms with Crippen LogP contribution in [0.2, 0.25) is 0 Å². The van der Waals surface area contributed by atoms with Gasteiger partial charge in [-0.1, -0.05) is 36.4 Å². The zero-order valence-corrected chi connectivity index (χ0v) is 16.3. The van der Waals surface area contributed by atoms with Gasteiger partial charge in [0.05, 0.1) is 0 Å². The molecule has 2 aromatic heterocycles. The molecule has 0 fully saturated rings. The van der Waals surface area contributed by atoms with Crippen molar-refractivity contribution in [3.05, 3.63) is 91.2 Å². The van der Waals surface area contributed by atoms with Crippen LogP contribution >= 0.6 is 0 Å². The average Bonchev–Trinajstić information content (AvgIpc) is 2.79. The first-order chi connectivity index (χ1) is 14.3. The standard InChI is InChI=1S/C25H24FN3/c26-22-10-8-20(9-11-22)24-18-29-25(17-23(24)21-12-15-27-16-13-21)28-14-4-7-19-5-2-1-3-6-19/h1-3,5,8-13,15-19H,4,6-7,14H2,(H,28,29). The summed E-state index contributed by atoms with van der Waals surface area (Å²) in [5.41, 5.74) is 4.02. The molecule has 3 nitrogen and oxygen atoms in total. The number of nitrogens with one attached hydrogen (secondary N) is 1. The van der Waals surface area contributed by atoms with Crippen molar-refractivity contribution in [2.45, 2.75) is 19.3 Å². The van der Waals surface area contributed by atoms with Crippen LogP contribution < -0.4 is 5.32 Å². The summed E-state index contributed by atoms with van der Waals surface area (Å²) in [6, 6.07) is 12.6. The van der Waals surface area contributed by atoms with Gasteiger partial charge in [-0.2, -0.15) is 0 Å². The minimum absolute atomic E-state index is 0.242. The molecule has 0 aliphatic heterocycles. The number of nitrogens with zero attached hydrogens (tertiary/aromatic N) is 2. The van der Waals surface area contributed by atoms with Crippen LogP contribution in [0.3, 0.4) is 0 Å². The fraction of sp³-hybridized carbons (Fsp3) is 0.200. The van der Waals surface area contributed by atoms with Crippen LogP contribution in [-0.2, 0) is 0 Å². The van der Waals surface area contributed by atoms with E-state index in [0.29, 0.717) is 5.92 Å². The number of anilines is 1. The van der Waals surface area contributed by atoms with E-state index in [4.69, 9.17) is 0 Å². The Kier molecular flexibility index (Phi) is 6.10. The topological polar surface area (TPSA) is 37.8 Å². The lowest BCUT2D eigenvalue weighted by Crippen LogP contribution is -2.06. The third kappa shape index (κ3) is 4.96. The molecule has 0 saturated heterocycles. The highest BCUT2D eigenvalue weighted by Gasteiger charge is 2.11. The monoisotopic (exact) mass is 385 g/mol. The van der Waals surface area contributed by atoms with Crippen molar-refractivity contribution in [3.63, 3.8) is 0 Å². The van der Waals surface area contributed by atoms with Gasteiger partial charge in [0.1, 0.15) is 11.6 Å². The summed E-state index contributed by atoms with van der Waals surface area (Å²) in [5, 5.41) is 3.45. The maximum Gasteiger partial charge on any atom is 0.126 e. The molecule has 0 amide bonds. The smallest absolute Gasteiger partial charge is 0.126 e. The maximum atomic E-state index is 13.4. The average molecular weight is 385 g/mol. The predicted molar refractivity (Wildman–Crippen MR) is 117 cm³/mol. The molecule has 29 heavy (non-hydrogen) atoms. The molecule has 4 rings (SSSR count). The van der Waals surface area contributed by atoms with Crippen molar-refractivity contribution in [3.8, 4) is 22.3 Å². The lowest BCUT2D eigenvalue weighted by atomic mass is 9.96. The SMILES string of the molecule is Fc1ccc(-c2cnc(NCCCC3C=CC=CC3)cc2-c2ccncc2)cc1. The van der Waals surface area contributed by atoms with E-state index in [9.17, 15) is 4.39 Å². The Morgan fingerprint density at radius 2 is 1.76 bits per heavy atom. The van der Waals surface area contributed by atoms with Gasteiger partial charge in [0.25, 0.3) is 0 Å². The molecule has 1 unspecified atom stereocenters. The van der Waals surface area contributed by atoms with Crippen molar-refractivity contribution < 1.29 is 4.39 Å². The third-order valence-electron chi connectivity index (χ3n) is 5.18. The first-order valence-electron chi connectivity index (χ1n) is 10.0. The molecule has 0 bridgehead atoms. The minimum atomic E-state index is -0.242. The zero-order valence-electron chi connectivity index (χ0n) is 16.3. The summed E-state index contributed by atoms with van der Waals surface area (Å²) >= 11 is 0. The fourth-order valence-corrected chi connectivity index (χ4v) is 3.61. The summed E-state index contributed by atoms with van der Waals surface area (Å²) < 4.78 is 13.4. The Morgan fingerprint density at radius 3 is 2.52 bits per heavy atom. The second-order valence-corrected chi connectivity index (χ2v) is 7.24. The number of aromatic nitrogens is 2. The first-order valence-corrected chi connectivity index (χ1v) is 10.0. The van der Waals surface area contributed by atoms with Crippen LogP contribution in [0.5, 0.6) is 0 Å². The van der Waals surface area contributed by atoms with Gasteiger partial charge < -0.3 is 5.32 Å². The molecule has 4 heteroatoms. The number of halogens is 1. The summed E-state index contributed by atoms with van der Waals surface area (Å²) in [4.78, 5) is 8.72. The van der Waals surface area contributed by atoms with Gasteiger partial charge in [-0.15, -0.1) is 0 Å². The number of allylic oxidation sites excluding steroid dienone is 4. The number of hydrogen-bond acceptors (Lipinski definition) is 3. The van der Waals surface area contributed by atoms with E-state index >= 15 is 0 Å². The lowest BCUT2D eigenvalue weighted by Gasteiger charge is -2.15. The summed E-state index contributed by atoms with van der Waals surface area (Å²) in [6.07, 6.45) is 17.6. The molecule has 146 valence electrons. The Balaban J connectivity index is 1.51. The van der Waals surface area contributed by atoms with Crippen molar-refractivity contribution in [2.24, 2.45) is 5.92 Å². The Hall–Kier alpha value is -3.27. The van der Waals surface area contributed by atoms with Gasteiger partial charge in [-0.25, -0.2) is 9.37 Å². The van der Waals surface area contributed by atoms with Gasteiger partial charge in [-0.05, 0) is 72.2 Å². The van der Waals surface area contributed by atoms with Crippen molar-refractivity contribution >= 4 is 5.82 Å². The van der Waals surface area contributed by atoms with Crippen molar-refractivity contribution in [1.82, 2.24) is 9.97 Å². The molecule has 1 aliphatic rings. The summed E-state index contributed by atoms with van der Waals surface area (Å²) in [7, 11) is 0. The molecule has 0 saturated carbocycles. The van der Waals surface area contributed by atoms with Crippen LogP contribution in [0.1, 0.15) is 19.3 Å². The Labute approximate surface area is 171 Å². The van der Waals surface area contributed by atoms with Gasteiger partial charge in [0.15, 0.2) is 0 Å². The largest absolute Gasteiger partial charge is 0.370 e. The van der Waals surface area contributed by atoms with Crippen LogP contribution in [0.15, 0.2) is 85.4 Å². The van der Waals surface area contributed by atoms with E-state index < -0.39 is 0 Å².